The Morgan fingerprint density at radius 1 is 1.29 bits per heavy atom. The van der Waals surface area contributed by atoms with Crippen molar-refractivity contribution in [1.82, 2.24) is 9.55 Å². The lowest BCUT2D eigenvalue weighted by atomic mass is 10.1. The summed E-state index contributed by atoms with van der Waals surface area (Å²) in [5.74, 6) is 1.01. The number of benzene rings is 2. The van der Waals surface area contributed by atoms with E-state index in [4.69, 9.17) is 10.5 Å². The second-order valence-corrected chi connectivity index (χ2v) is 4.74. The van der Waals surface area contributed by atoms with E-state index >= 15 is 0 Å². The summed E-state index contributed by atoms with van der Waals surface area (Å²) in [6.07, 6.45) is 0. The normalized spacial score (nSPS) is 11.0. The molecule has 0 spiro atoms. The fraction of sp³-hybridized carbons (Fsp3) is 0.188. The van der Waals surface area contributed by atoms with Gasteiger partial charge in [-0.25, -0.2) is 9.37 Å². The number of nitrogens with two attached hydrogens (primary N) is 1. The maximum absolute atomic E-state index is 13.9. The number of imidazole rings is 1. The van der Waals surface area contributed by atoms with Crippen molar-refractivity contribution in [3.8, 4) is 17.1 Å². The van der Waals surface area contributed by atoms with Crippen molar-refractivity contribution in [2.45, 2.75) is 13.5 Å². The summed E-state index contributed by atoms with van der Waals surface area (Å²) in [4.78, 5) is 4.44. The molecule has 21 heavy (non-hydrogen) atoms. The van der Waals surface area contributed by atoms with Crippen molar-refractivity contribution in [1.29, 1.82) is 0 Å². The first-order valence-electron chi connectivity index (χ1n) is 6.74. The minimum atomic E-state index is -0.331. The van der Waals surface area contributed by atoms with Gasteiger partial charge in [0.25, 0.3) is 0 Å². The van der Waals surface area contributed by atoms with Crippen molar-refractivity contribution in [3.63, 3.8) is 0 Å². The number of hydrogen-bond donors (Lipinski definition) is 1. The van der Waals surface area contributed by atoms with E-state index in [2.05, 4.69) is 4.98 Å². The summed E-state index contributed by atoms with van der Waals surface area (Å²) in [5.41, 5.74) is 8.50. The maximum Gasteiger partial charge on any atom is 0.151 e. The minimum absolute atomic E-state index is 0.331. The van der Waals surface area contributed by atoms with Crippen LogP contribution in [0.25, 0.3) is 22.4 Å². The van der Waals surface area contributed by atoms with Crippen molar-refractivity contribution in [3.05, 3.63) is 42.2 Å². The molecule has 2 N–H and O–H groups in total. The number of rotatable bonds is 3. The zero-order valence-corrected chi connectivity index (χ0v) is 11.9. The summed E-state index contributed by atoms with van der Waals surface area (Å²) in [6, 6.07) is 10.3. The Morgan fingerprint density at radius 2 is 2.10 bits per heavy atom. The summed E-state index contributed by atoms with van der Waals surface area (Å²) >= 11 is 0. The Kier molecular flexibility index (Phi) is 3.25. The number of para-hydroxylation sites is 1. The average molecular weight is 285 g/mol. The van der Waals surface area contributed by atoms with Crippen molar-refractivity contribution in [2.24, 2.45) is 0 Å². The van der Waals surface area contributed by atoms with Crippen LogP contribution in [0.15, 0.2) is 36.4 Å². The number of aryl methyl sites for hydroxylation is 1. The summed E-state index contributed by atoms with van der Waals surface area (Å²) in [5, 5.41) is 0. The summed E-state index contributed by atoms with van der Waals surface area (Å²) < 4.78 is 21.1. The van der Waals surface area contributed by atoms with Gasteiger partial charge in [-0.3, -0.25) is 0 Å². The molecule has 2 aromatic carbocycles. The number of ether oxygens (including phenoxy) is 1. The van der Waals surface area contributed by atoms with Crippen LogP contribution >= 0.6 is 0 Å². The Morgan fingerprint density at radius 3 is 2.81 bits per heavy atom. The van der Waals surface area contributed by atoms with Gasteiger partial charge in [0.1, 0.15) is 17.1 Å². The van der Waals surface area contributed by atoms with E-state index in [0.717, 1.165) is 11.1 Å². The zero-order chi connectivity index (χ0) is 15.0. The van der Waals surface area contributed by atoms with Crippen LogP contribution in [0, 0.1) is 5.82 Å². The number of methoxy groups -OCH3 is 1. The van der Waals surface area contributed by atoms with Crippen molar-refractivity contribution >= 4 is 16.7 Å². The number of nitrogen functional groups attached to an aromatic ring is 1. The maximum atomic E-state index is 13.9. The van der Waals surface area contributed by atoms with Gasteiger partial charge in [-0.05, 0) is 37.3 Å². The first-order chi connectivity index (χ1) is 10.2. The standard InChI is InChI=1S/C16H16FN3O/c1-3-20-14-6-4-5-12(17)15(14)19-16(20)11-9-10(21-2)7-8-13(11)18/h4-9H,3,18H2,1-2H3. The third-order valence-corrected chi connectivity index (χ3v) is 3.55. The molecule has 4 nitrogen and oxygen atoms in total. The first kappa shape index (κ1) is 13.4. The molecule has 0 atom stereocenters. The Bertz CT molecular complexity index is 811. The molecule has 0 radical (unpaired) electrons. The lowest BCUT2D eigenvalue weighted by molar-refractivity contribution is 0.415. The fourth-order valence-corrected chi connectivity index (χ4v) is 2.49. The Balaban J connectivity index is 2.32. The molecule has 0 saturated carbocycles. The predicted molar refractivity (Wildman–Crippen MR) is 81.8 cm³/mol. The van der Waals surface area contributed by atoms with Crippen LogP contribution in [0.2, 0.25) is 0 Å². The van der Waals surface area contributed by atoms with Crippen LogP contribution in [0.3, 0.4) is 0 Å². The second-order valence-electron chi connectivity index (χ2n) is 4.74. The lowest BCUT2D eigenvalue weighted by Crippen LogP contribution is -2.00. The molecule has 0 bridgehead atoms. The minimum Gasteiger partial charge on any atom is -0.497 e. The molecule has 3 aromatic rings. The molecule has 0 unspecified atom stereocenters. The first-order valence-corrected chi connectivity index (χ1v) is 6.74. The highest BCUT2D eigenvalue weighted by molar-refractivity contribution is 5.84. The van der Waals surface area contributed by atoms with Gasteiger partial charge in [0.05, 0.1) is 12.6 Å². The number of hydrogen-bond acceptors (Lipinski definition) is 3. The van der Waals surface area contributed by atoms with Crippen molar-refractivity contribution < 1.29 is 9.13 Å². The largest absolute Gasteiger partial charge is 0.497 e. The van der Waals surface area contributed by atoms with Crippen LogP contribution < -0.4 is 10.5 Å². The third kappa shape index (κ3) is 2.11. The van der Waals surface area contributed by atoms with E-state index in [0.29, 0.717) is 29.3 Å². The van der Waals surface area contributed by atoms with Gasteiger partial charge in [0, 0.05) is 17.8 Å². The molecule has 0 saturated heterocycles. The number of nitrogens with zero attached hydrogens (tertiary/aromatic N) is 2. The molecule has 0 aliphatic heterocycles. The molecule has 5 heteroatoms. The van der Waals surface area contributed by atoms with E-state index in [9.17, 15) is 4.39 Å². The Labute approximate surface area is 122 Å². The second kappa shape index (κ2) is 5.09. The fourth-order valence-electron chi connectivity index (χ4n) is 2.49. The molecule has 1 heterocycles. The zero-order valence-electron chi connectivity index (χ0n) is 11.9. The number of fused-ring (bicyclic) bond motifs is 1. The molecule has 0 fully saturated rings. The molecular weight excluding hydrogens is 269 g/mol. The van der Waals surface area contributed by atoms with Crippen molar-refractivity contribution in [2.75, 3.05) is 12.8 Å². The van der Waals surface area contributed by atoms with Gasteiger partial charge < -0.3 is 15.0 Å². The van der Waals surface area contributed by atoms with E-state index in [1.54, 1.807) is 25.3 Å². The van der Waals surface area contributed by atoms with Gasteiger partial charge in [-0.2, -0.15) is 0 Å². The molecular formula is C16H16FN3O. The Hall–Kier alpha value is -2.56. The molecule has 3 rings (SSSR count). The topological polar surface area (TPSA) is 53.1 Å². The predicted octanol–water partition coefficient (Wildman–Crippen LogP) is 3.45. The molecule has 108 valence electrons. The average Bonchev–Trinajstić information content (AvgIpc) is 2.87. The highest BCUT2D eigenvalue weighted by Crippen LogP contribution is 2.32. The third-order valence-electron chi connectivity index (χ3n) is 3.55. The number of halogens is 1. The number of anilines is 1. The highest BCUT2D eigenvalue weighted by atomic mass is 19.1. The monoisotopic (exact) mass is 285 g/mol. The van der Waals surface area contributed by atoms with E-state index < -0.39 is 0 Å². The SMILES string of the molecule is CCn1c(-c2cc(OC)ccc2N)nc2c(F)cccc21. The van der Waals surface area contributed by atoms with Crippen LogP contribution in [-0.2, 0) is 6.54 Å². The number of aromatic nitrogens is 2. The molecule has 0 amide bonds. The van der Waals surface area contributed by atoms with E-state index in [1.165, 1.54) is 6.07 Å². The van der Waals surface area contributed by atoms with Gasteiger partial charge in [0.15, 0.2) is 5.82 Å². The van der Waals surface area contributed by atoms with Gasteiger partial charge in [0.2, 0.25) is 0 Å². The molecule has 0 aliphatic rings. The van der Waals surface area contributed by atoms with Crippen LogP contribution in [0.4, 0.5) is 10.1 Å². The van der Waals surface area contributed by atoms with E-state index in [1.807, 2.05) is 23.6 Å². The van der Waals surface area contributed by atoms with Crippen LogP contribution in [0.5, 0.6) is 5.75 Å². The van der Waals surface area contributed by atoms with Crippen LogP contribution in [-0.4, -0.2) is 16.7 Å². The van der Waals surface area contributed by atoms with Gasteiger partial charge >= 0.3 is 0 Å². The molecule has 1 aromatic heterocycles. The summed E-state index contributed by atoms with van der Waals surface area (Å²) in [7, 11) is 1.60. The van der Waals surface area contributed by atoms with Gasteiger partial charge in [-0.15, -0.1) is 0 Å². The van der Waals surface area contributed by atoms with Gasteiger partial charge in [-0.1, -0.05) is 6.07 Å². The quantitative estimate of drug-likeness (QED) is 0.750. The van der Waals surface area contributed by atoms with Crippen LogP contribution in [0.1, 0.15) is 6.92 Å². The smallest absolute Gasteiger partial charge is 0.151 e. The summed E-state index contributed by atoms with van der Waals surface area (Å²) in [6.45, 7) is 2.66. The van der Waals surface area contributed by atoms with E-state index in [-0.39, 0.29) is 5.82 Å². The highest BCUT2D eigenvalue weighted by Gasteiger charge is 2.16. The molecule has 0 aliphatic carbocycles. The lowest BCUT2D eigenvalue weighted by Gasteiger charge is -2.10.